The Labute approximate surface area is 156 Å². The highest BCUT2D eigenvalue weighted by atomic mass is 16.2. The highest BCUT2D eigenvalue weighted by Crippen LogP contribution is 2.16. The van der Waals surface area contributed by atoms with Gasteiger partial charge in [0.25, 0.3) is 5.91 Å². The van der Waals surface area contributed by atoms with Crippen molar-refractivity contribution in [3.63, 3.8) is 0 Å². The summed E-state index contributed by atoms with van der Waals surface area (Å²) in [5, 5.41) is 8.45. The van der Waals surface area contributed by atoms with Gasteiger partial charge in [-0.1, -0.05) is 18.2 Å². The van der Waals surface area contributed by atoms with Crippen LogP contribution < -0.4 is 5.32 Å². The second-order valence-corrected chi connectivity index (χ2v) is 6.90. The first-order valence-corrected chi connectivity index (χ1v) is 8.89. The fraction of sp³-hybridized carbons (Fsp3) is 0.316. The van der Waals surface area contributed by atoms with Crippen molar-refractivity contribution in [2.75, 3.05) is 20.6 Å². The van der Waals surface area contributed by atoms with Crippen LogP contribution in [0.1, 0.15) is 21.9 Å². The summed E-state index contributed by atoms with van der Waals surface area (Å²) in [7, 11) is 3.50. The van der Waals surface area contributed by atoms with Crippen LogP contribution in [0.25, 0.3) is 10.9 Å². The molecule has 140 valence electrons. The minimum atomic E-state index is -0.165. The lowest BCUT2D eigenvalue weighted by molar-refractivity contribution is 0.0946. The fourth-order valence-electron chi connectivity index (χ4n) is 3.32. The van der Waals surface area contributed by atoms with Crippen molar-refractivity contribution in [2.45, 2.75) is 19.6 Å². The monoisotopic (exact) mass is 366 g/mol. The Kier molecular flexibility index (Phi) is 4.31. The number of amides is 3. The van der Waals surface area contributed by atoms with Crippen molar-refractivity contribution in [1.82, 2.24) is 29.9 Å². The lowest BCUT2D eigenvalue weighted by Crippen LogP contribution is -2.43. The van der Waals surface area contributed by atoms with Gasteiger partial charge < -0.3 is 20.1 Å². The number of fused-ring (bicyclic) bond motifs is 2. The summed E-state index contributed by atoms with van der Waals surface area (Å²) in [6, 6.07) is 11.6. The predicted molar refractivity (Wildman–Crippen MR) is 101 cm³/mol. The summed E-state index contributed by atoms with van der Waals surface area (Å²) in [6.45, 7) is 2.16. The van der Waals surface area contributed by atoms with E-state index in [1.54, 1.807) is 23.9 Å². The standard InChI is InChI=1S/C19H22N6O2/c1-23(2)19(27)24-7-8-25-15(12-24)10-14(22-25)11-20-18(26)17-9-13-5-3-4-6-16(13)21-17/h3-6,9-10,21H,7-8,11-12H2,1-2H3,(H,20,26). The Balaban J connectivity index is 1.41. The Morgan fingerprint density at radius 3 is 2.81 bits per heavy atom. The number of urea groups is 1. The first kappa shape index (κ1) is 17.1. The van der Waals surface area contributed by atoms with Crippen molar-refractivity contribution >= 4 is 22.8 Å². The lowest BCUT2D eigenvalue weighted by Gasteiger charge is -2.29. The number of carbonyl (C=O) groups excluding carboxylic acids is 2. The largest absolute Gasteiger partial charge is 0.351 e. The molecule has 1 aromatic carbocycles. The van der Waals surface area contributed by atoms with E-state index in [1.165, 1.54) is 0 Å². The molecule has 0 unspecified atom stereocenters. The van der Waals surface area contributed by atoms with Crippen LogP contribution >= 0.6 is 0 Å². The average molecular weight is 366 g/mol. The molecule has 1 aliphatic heterocycles. The number of hydrogen-bond acceptors (Lipinski definition) is 3. The molecule has 0 aliphatic carbocycles. The molecule has 0 bridgehead atoms. The molecular weight excluding hydrogens is 344 g/mol. The fourth-order valence-corrected chi connectivity index (χ4v) is 3.32. The SMILES string of the molecule is CN(C)C(=O)N1CCn2nc(CNC(=O)c3cc4ccccc4[nH]3)cc2C1. The van der Waals surface area contributed by atoms with Gasteiger partial charge in [0.05, 0.1) is 31.0 Å². The third kappa shape index (κ3) is 3.38. The molecule has 3 heterocycles. The molecule has 2 N–H and O–H groups in total. The number of aromatic amines is 1. The van der Waals surface area contributed by atoms with E-state index < -0.39 is 0 Å². The van der Waals surface area contributed by atoms with Gasteiger partial charge in [0, 0.05) is 31.5 Å². The van der Waals surface area contributed by atoms with Crippen LogP contribution in [0.3, 0.4) is 0 Å². The van der Waals surface area contributed by atoms with E-state index >= 15 is 0 Å². The van der Waals surface area contributed by atoms with Gasteiger partial charge in [-0.25, -0.2) is 4.79 Å². The van der Waals surface area contributed by atoms with Gasteiger partial charge in [-0.3, -0.25) is 9.48 Å². The molecular formula is C19H22N6O2. The maximum atomic E-state index is 12.4. The van der Waals surface area contributed by atoms with Gasteiger partial charge in [-0.05, 0) is 18.2 Å². The molecule has 3 aromatic rings. The molecule has 0 fully saturated rings. The molecule has 0 saturated heterocycles. The first-order chi connectivity index (χ1) is 13.0. The zero-order valence-corrected chi connectivity index (χ0v) is 15.4. The van der Waals surface area contributed by atoms with Gasteiger partial charge in [-0.2, -0.15) is 5.10 Å². The Morgan fingerprint density at radius 1 is 1.22 bits per heavy atom. The number of aromatic nitrogens is 3. The van der Waals surface area contributed by atoms with Crippen molar-refractivity contribution in [3.05, 3.63) is 53.5 Å². The zero-order chi connectivity index (χ0) is 19.0. The summed E-state index contributed by atoms with van der Waals surface area (Å²) in [4.78, 5) is 31.0. The maximum absolute atomic E-state index is 12.4. The second-order valence-electron chi connectivity index (χ2n) is 6.90. The molecule has 0 spiro atoms. The van der Waals surface area contributed by atoms with E-state index in [0.717, 1.165) is 22.3 Å². The third-order valence-corrected chi connectivity index (χ3v) is 4.71. The molecule has 0 radical (unpaired) electrons. The van der Waals surface area contributed by atoms with E-state index in [1.807, 2.05) is 41.1 Å². The summed E-state index contributed by atoms with van der Waals surface area (Å²) in [6.07, 6.45) is 0. The number of nitrogens with zero attached hydrogens (tertiary/aromatic N) is 4. The summed E-state index contributed by atoms with van der Waals surface area (Å²) in [5.41, 5.74) is 3.23. The van der Waals surface area contributed by atoms with Crippen molar-refractivity contribution in [2.24, 2.45) is 0 Å². The third-order valence-electron chi connectivity index (χ3n) is 4.71. The van der Waals surface area contributed by atoms with Crippen LogP contribution in [0, 0.1) is 0 Å². The first-order valence-electron chi connectivity index (χ1n) is 8.89. The molecule has 0 saturated carbocycles. The summed E-state index contributed by atoms with van der Waals surface area (Å²) >= 11 is 0. The van der Waals surface area contributed by atoms with Crippen LogP contribution in [-0.2, 0) is 19.6 Å². The Hall–Kier alpha value is -3.29. The number of hydrogen-bond donors (Lipinski definition) is 2. The average Bonchev–Trinajstić information content (AvgIpc) is 3.28. The summed E-state index contributed by atoms with van der Waals surface area (Å²) in [5.74, 6) is -0.165. The highest BCUT2D eigenvalue weighted by Gasteiger charge is 2.23. The minimum Gasteiger partial charge on any atom is -0.351 e. The van der Waals surface area contributed by atoms with Gasteiger partial charge in [-0.15, -0.1) is 0 Å². The minimum absolute atomic E-state index is 0.00360. The number of benzene rings is 1. The Bertz CT molecular complexity index is 970. The van der Waals surface area contributed by atoms with Crippen molar-refractivity contribution in [3.8, 4) is 0 Å². The van der Waals surface area contributed by atoms with Crippen LogP contribution in [0.5, 0.6) is 0 Å². The number of rotatable bonds is 3. The van der Waals surface area contributed by atoms with Gasteiger partial charge >= 0.3 is 6.03 Å². The molecule has 4 rings (SSSR count). The maximum Gasteiger partial charge on any atom is 0.319 e. The molecule has 3 amide bonds. The van der Waals surface area contributed by atoms with Crippen molar-refractivity contribution in [1.29, 1.82) is 0 Å². The van der Waals surface area contributed by atoms with Crippen LogP contribution in [-0.4, -0.2) is 57.1 Å². The molecule has 8 nitrogen and oxygen atoms in total. The van der Waals surface area contributed by atoms with Gasteiger partial charge in [0.1, 0.15) is 5.69 Å². The molecule has 1 aliphatic rings. The lowest BCUT2D eigenvalue weighted by atomic mass is 10.2. The smallest absolute Gasteiger partial charge is 0.319 e. The molecule has 8 heteroatoms. The summed E-state index contributed by atoms with van der Waals surface area (Å²) < 4.78 is 1.91. The van der Waals surface area contributed by atoms with Crippen LogP contribution in [0.2, 0.25) is 0 Å². The number of para-hydroxylation sites is 1. The van der Waals surface area contributed by atoms with Crippen LogP contribution in [0.15, 0.2) is 36.4 Å². The van der Waals surface area contributed by atoms with E-state index in [9.17, 15) is 9.59 Å². The van der Waals surface area contributed by atoms with E-state index in [-0.39, 0.29) is 11.9 Å². The molecule has 0 atom stereocenters. The van der Waals surface area contributed by atoms with Gasteiger partial charge in [0.2, 0.25) is 0 Å². The van der Waals surface area contributed by atoms with E-state index in [0.29, 0.717) is 31.9 Å². The Morgan fingerprint density at radius 2 is 2.04 bits per heavy atom. The van der Waals surface area contributed by atoms with E-state index in [2.05, 4.69) is 15.4 Å². The van der Waals surface area contributed by atoms with Crippen molar-refractivity contribution < 1.29 is 9.59 Å². The normalized spacial score (nSPS) is 13.5. The van der Waals surface area contributed by atoms with Crippen LogP contribution in [0.4, 0.5) is 4.79 Å². The topological polar surface area (TPSA) is 86.3 Å². The predicted octanol–water partition coefficient (Wildman–Crippen LogP) is 1.79. The molecule has 27 heavy (non-hydrogen) atoms. The zero-order valence-electron chi connectivity index (χ0n) is 15.4. The quantitative estimate of drug-likeness (QED) is 0.741. The number of carbonyl (C=O) groups is 2. The van der Waals surface area contributed by atoms with E-state index in [4.69, 9.17) is 0 Å². The number of H-pyrrole nitrogens is 1. The molecule has 2 aromatic heterocycles. The highest BCUT2D eigenvalue weighted by molar-refractivity contribution is 5.97. The number of nitrogens with one attached hydrogen (secondary N) is 2. The second kappa shape index (κ2) is 6.79. The van der Waals surface area contributed by atoms with Gasteiger partial charge in [0.15, 0.2) is 0 Å².